The zero-order valence-electron chi connectivity index (χ0n) is 72.2. The van der Waals surface area contributed by atoms with Crippen LogP contribution in [0.25, 0.3) is 0 Å². The van der Waals surface area contributed by atoms with Crippen LogP contribution in [0, 0.1) is 5.41 Å². The lowest BCUT2D eigenvalue weighted by Gasteiger charge is -2.23. The third-order valence-electron chi connectivity index (χ3n) is 19.6. The molecular formula is C95H182O14. The predicted octanol–water partition coefficient (Wildman–Crippen LogP) is 28.5. The van der Waals surface area contributed by atoms with Gasteiger partial charge in [0.2, 0.25) is 0 Å². The van der Waals surface area contributed by atoms with Crippen molar-refractivity contribution in [2.45, 2.75) is 484 Å². The zero-order chi connectivity index (χ0) is 81.8. The lowest BCUT2D eigenvalue weighted by atomic mass is 9.93. The van der Waals surface area contributed by atoms with Gasteiger partial charge in [-0.25, -0.2) is 0 Å². The maximum atomic E-state index is 10.3. The molecule has 0 aromatic rings. The number of carboxylic acids is 5. The molecule has 0 fully saturated rings. The van der Waals surface area contributed by atoms with E-state index in [1.807, 2.05) is 0 Å². The number of carbonyl (C=O) groups is 5. The lowest BCUT2D eigenvalue weighted by molar-refractivity contribution is -0.138. The van der Waals surface area contributed by atoms with Gasteiger partial charge in [-0.15, -0.1) is 0 Å². The number of rotatable bonds is 79. The van der Waals surface area contributed by atoms with Crippen molar-refractivity contribution in [3.05, 3.63) is 60.8 Å². The maximum Gasteiger partial charge on any atom is 0.303 e. The van der Waals surface area contributed by atoms with E-state index >= 15 is 0 Å². The van der Waals surface area contributed by atoms with Crippen LogP contribution in [0.5, 0.6) is 0 Å². The summed E-state index contributed by atoms with van der Waals surface area (Å²) in [6, 6.07) is 0. The number of unbranched alkanes of at least 4 members (excludes halogenated alkanes) is 55. The van der Waals surface area contributed by atoms with Crippen molar-refractivity contribution in [3.63, 3.8) is 0 Å². The molecule has 0 aromatic carbocycles. The highest BCUT2D eigenvalue weighted by Gasteiger charge is 2.26. The standard InChI is InChI=1S/5C18H34O2.C5H12O4/c5*1-2-3-4-5-6-7-8-9-10-11-12-13-14-15-16-17-18(19)20;6-1-5(2-7,3-8)4-9/h5*9-10H,2-8,11-17H2,1H3,(H,19,20);6-9H,1-4H2/b5*10-9-;. The summed E-state index contributed by atoms with van der Waals surface area (Å²) in [6.07, 6.45) is 106. The van der Waals surface area contributed by atoms with Crippen molar-refractivity contribution in [2.75, 3.05) is 26.4 Å². The average Bonchev–Trinajstić information content (AvgIpc) is 0.921. The first-order chi connectivity index (χ1) is 53.1. The molecule has 0 aromatic heterocycles. The first-order valence-electron chi connectivity index (χ1n) is 45.9. The second-order valence-electron chi connectivity index (χ2n) is 30.8. The maximum absolute atomic E-state index is 10.3. The van der Waals surface area contributed by atoms with Crippen molar-refractivity contribution >= 4 is 29.8 Å². The van der Waals surface area contributed by atoms with Crippen molar-refractivity contribution < 1.29 is 69.9 Å². The van der Waals surface area contributed by atoms with Crippen LogP contribution in [0.1, 0.15) is 484 Å². The molecule has 0 saturated heterocycles. The molecule has 0 aliphatic carbocycles. The van der Waals surface area contributed by atoms with Crippen LogP contribution in [0.15, 0.2) is 60.8 Å². The van der Waals surface area contributed by atoms with Gasteiger partial charge in [-0.05, 0) is 161 Å². The topological polar surface area (TPSA) is 267 Å². The van der Waals surface area contributed by atoms with Gasteiger partial charge in [0.25, 0.3) is 0 Å². The summed E-state index contributed by atoms with van der Waals surface area (Å²) in [5.74, 6) is -3.32. The molecular weight excluding hydrogens is 1370 g/mol. The Morgan fingerprint density at radius 3 is 0.367 bits per heavy atom. The minimum absolute atomic E-state index is 0.332. The smallest absolute Gasteiger partial charge is 0.303 e. The molecule has 0 spiro atoms. The van der Waals surface area contributed by atoms with Crippen molar-refractivity contribution in [1.29, 1.82) is 0 Å². The molecule has 0 saturated carbocycles. The third kappa shape index (κ3) is 125. The number of aliphatic hydroxyl groups excluding tert-OH is 4. The molecule has 0 radical (unpaired) electrons. The molecule has 646 valence electrons. The second kappa shape index (κ2) is 108. The van der Waals surface area contributed by atoms with Crippen molar-refractivity contribution in [2.24, 2.45) is 5.41 Å². The SMILES string of the molecule is CCCCCCCC/C=C\CCCCCCCC(=O)O.CCCCCCCC/C=C\CCCCCCCC(=O)O.CCCCCCCC/C=C\CCCCCCCC(=O)O.CCCCCCCC/C=C\CCCCCCCC(=O)O.CCCCCCCC/C=C\CCCCCCCC(=O)O.OCC(CO)(CO)CO. The van der Waals surface area contributed by atoms with Gasteiger partial charge >= 0.3 is 29.8 Å². The fourth-order valence-corrected chi connectivity index (χ4v) is 12.0. The summed E-state index contributed by atoms with van der Waals surface area (Å²) < 4.78 is 0. The molecule has 0 aliphatic heterocycles. The summed E-state index contributed by atoms with van der Waals surface area (Å²) in [5.41, 5.74) is -1.11. The highest BCUT2D eigenvalue weighted by molar-refractivity contribution is 5.67. The Kier molecular flexibility index (Phi) is 115. The highest BCUT2D eigenvalue weighted by Crippen LogP contribution is 2.17. The van der Waals surface area contributed by atoms with Crippen LogP contribution in [0.3, 0.4) is 0 Å². The van der Waals surface area contributed by atoms with Crippen molar-refractivity contribution in [3.8, 4) is 0 Å². The third-order valence-corrected chi connectivity index (χ3v) is 19.6. The number of aliphatic carboxylic acids is 5. The fourth-order valence-electron chi connectivity index (χ4n) is 12.0. The normalized spacial score (nSPS) is 11.3. The first-order valence-corrected chi connectivity index (χ1v) is 45.9. The Bertz CT molecular complexity index is 1620. The van der Waals surface area contributed by atoms with Gasteiger partial charge < -0.3 is 46.0 Å². The van der Waals surface area contributed by atoms with Crippen LogP contribution in [-0.4, -0.2) is 102 Å². The summed E-state index contributed by atoms with van der Waals surface area (Å²) in [6.45, 7) is 9.67. The Morgan fingerprint density at radius 2 is 0.275 bits per heavy atom. The lowest BCUT2D eigenvalue weighted by Crippen LogP contribution is -2.37. The molecule has 0 bridgehead atoms. The van der Waals surface area contributed by atoms with Gasteiger partial charge in [0.05, 0.1) is 31.8 Å². The minimum Gasteiger partial charge on any atom is -0.481 e. The Labute approximate surface area is 673 Å². The van der Waals surface area contributed by atoms with E-state index in [1.54, 1.807) is 0 Å². The van der Waals surface area contributed by atoms with Crippen LogP contribution >= 0.6 is 0 Å². The number of hydrogen-bond acceptors (Lipinski definition) is 9. The summed E-state index contributed by atoms with van der Waals surface area (Å²) >= 11 is 0. The zero-order valence-corrected chi connectivity index (χ0v) is 72.2. The minimum atomic E-state index is -1.11. The van der Waals surface area contributed by atoms with Crippen LogP contribution in [0.4, 0.5) is 0 Å². The van der Waals surface area contributed by atoms with Gasteiger partial charge in [-0.3, -0.25) is 24.0 Å². The van der Waals surface area contributed by atoms with E-state index in [-0.39, 0.29) is 0 Å². The monoisotopic (exact) mass is 1550 g/mol. The second-order valence-corrected chi connectivity index (χ2v) is 30.8. The van der Waals surface area contributed by atoms with E-state index in [2.05, 4.69) is 95.4 Å². The van der Waals surface area contributed by atoms with Crippen LogP contribution in [0.2, 0.25) is 0 Å². The fraction of sp³-hybridized carbons (Fsp3) is 0.842. The molecule has 0 amide bonds. The molecule has 0 heterocycles. The van der Waals surface area contributed by atoms with E-state index in [9.17, 15) is 24.0 Å². The average molecular weight is 1550 g/mol. The molecule has 0 atom stereocenters. The predicted molar refractivity (Wildman–Crippen MR) is 466 cm³/mol. The Morgan fingerprint density at radius 1 is 0.174 bits per heavy atom. The molecule has 14 nitrogen and oxygen atoms in total. The molecule has 0 unspecified atom stereocenters. The summed E-state index contributed by atoms with van der Waals surface area (Å²) in [7, 11) is 0. The van der Waals surface area contributed by atoms with Gasteiger partial charge in [0.15, 0.2) is 0 Å². The Balaban J connectivity index is -0.000000295. The quantitative estimate of drug-likeness (QED) is 0.0203. The van der Waals surface area contributed by atoms with Crippen LogP contribution in [-0.2, 0) is 24.0 Å². The first kappa shape index (κ1) is 116. The van der Waals surface area contributed by atoms with E-state index < -0.39 is 61.7 Å². The number of allylic oxidation sites excluding steroid dienone is 10. The number of hydrogen-bond donors (Lipinski definition) is 9. The van der Waals surface area contributed by atoms with Gasteiger partial charge in [0.1, 0.15) is 0 Å². The van der Waals surface area contributed by atoms with Gasteiger partial charge in [-0.2, -0.15) is 0 Å². The largest absolute Gasteiger partial charge is 0.481 e. The number of aliphatic hydroxyl groups is 4. The van der Waals surface area contributed by atoms with Gasteiger partial charge in [0, 0.05) is 32.1 Å². The Hall–Kier alpha value is -4.11. The molecule has 109 heavy (non-hydrogen) atoms. The summed E-state index contributed by atoms with van der Waals surface area (Å²) in [5, 5.41) is 76.5. The highest BCUT2D eigenvalue weighted by atomic mass is 16.4. The van der Waals surface area contributed by atoms with E-state index in [0.29, 0.717) is 32.1 Å². The van der Waals surface area contributed by atoms with Crippen LogP contribution < -0.4 is 0 Å². The molecule has 0 aliphatic rings. The van der Waals surface area contributed by atoms with E-state index in [1.165, 1.54) is 353 Å². The van der Waals surface area contributed by atoms with E-state index in [4.69, 9.17) is 46.0 Å². The number of carboxylic acid groups (broad SMARTS) is 5. The van der Waals surface area contributed by atoms with Gasteiger partial charge in [-0.1, -0.05) is 352 Å². The molecule has 14 heteroatoms. The van der Waals surface area contributed by atoms with Crippen molar-refractivity contribution in [1.82, 2.24) is 0 Å². The molecule has 0 rings (SSSR count). The van der Waals surface area contributed by atoms with E-state index in [0.717, 1.165) is 64.2 Å². The molecule has 9 N–H and O–H groups in total. The summed E-state index contributed by atoms with van der Waals surface area (Å²) in [4.78, 5) is 51.6.